The molecule has 0 unspecified atom stereocenters. The molecule has 0 rings (SSSR count). The monoisotopic (exact) mass is 128 g/mol. The number of hydrogen-bond donors (Lipinski definition) is 1. The van der Waals surface area contributed by atoms with Crippen LogP contribution in [-0.2, 0) is 0 Å². The van der Waals surface area contributed by atoms with Gasteiger partial charge in [0, 0.05) is 19.3 Å². The van der Waals surface area contributed by atoms with Gasteiger partial charge in [-0.1, -0.05) is 19.9 Å². The number of allylic oxidation sites excluding steroid dienone is 1. The Kier molecular flexibility index (Phi) is 5.32. The van der Waals surface area contributed by atoms with Crippen molar-refractivity contribution in [3.8, 4) is 0 Å². The van der Waals surface area contributed by atoms with E-state index in [4.69, 9.17) is 0 Å². The maximum absolute atomic E-state index is 3.12. The first-order valence-electron chi connectivity index (χ1n) is 3.47. The summed E-state index contributed by atoms with van der Waals surface area (Å²) in [5, 5.41) is 2.12. The molecule has 2 heteroatoms. The largest absolute Gasteiger partial charge is 0.326 e. The van der Waals surface area contributed by atoms with E-state index in [-0.39, 0.29) is 0 Å². The van der Waals surface area contributed by atoms with E-state index in [9.17, 15) is 0 Å². The van der Waals surface area contributed by atoms with Crippen molar-refractivity contribution in [1.82, 2.24) is 10.4 Å². The molecule has 0 saturated carbocycles. The molecule has 0 aromatic carbocycles. The van der Waals surface area contributed by atoms with Crippen LogP contribution in [0, 0.1) is 0 Å². The molecule has 0 saturated heterocycles. The average molecular weight is 128 g/mol. The molecule has 0 atom stereocenters. The van der Waals surface area contributed by atoms with Crippen molar-refractivity contribution in [2.45, 2.75) is 20.8 Å². The highest BCUT2D eigenvalue weighted by Crippen LogP contribution is 1.78. The fourth-order valence-corrected chi connectivity index (χ4v) is 0.586. The van der Waals surface area contributed by atoms with Crippen LogP contribution in [0.15, 0.2) is 12.3 Å². The minimum absolute atomic E-state index is 1.04. The van der Waals surface area contributed by atoms with Gasteiger partial charge in [0.05, 0.1) is 0 Å². The number of nitrogens with zero attached hydrogens (tertiary/aromatic N) is 1. The van der Waals surface area contributed by atoms with Gasteiger partial charge in [0.1, 0.15) is 0 Å². The maximum Gasteiger partial charge on any atom is 0.0150 e. The summed E-state index contributed by atoms with van der Waals surface area (Å²) in [4.78, 5) is 0. The molecule has 0 radical (unpaired) electrons. The Balaban J connectivity index is 3.31. The molecule has 0 aliphatic carbocycles. The van der Waals surface area contributed by atoms with Crippen molar-refractivity contribution in [2.75, 3.05) is 13.1 Å². The van der Waals surface area contributed by atoms with E-state index in [0.29, 0.717) is 0 Å². The van der Waals surface area contributed by atoms with Crippen LogP contribution in [0.2, 0.25) is 0 Å². The number of hydrazine groups is 1. The van der Waals surface area contributed by atoms with Gasteiger partial charge in [0.15, 0.2) is 0 Å². The zero-order chi connectivity index (χ0) is 7.11. The maximum atomic E-state index is 3.12. The first kappa shape index (κ1) is 8.50. The van der Waals surface area contributed by atoms with Crippen LogP contribution in [0.5, 0.6) is 0 Å². The molecule has 0 aromatic rings. The third kappa shape index (κ3) is 4.03. The lowest BCUT2D eigenvalue weighted by Gasteiger charge is -2.16. The Labute approximate surface area is 57.5 Å². The van der Waals surface area contributed by atoms with Crippen molar-refractivity contribution in [2.24, 2.45) is 0 Å². The molecular weight excluding hydrogens is 112 g/mol. The van der Waals surface area contributed by atoms with Crippen molar-refractivity contribution in [3.63, 3.8) is 0 Å². The Morgan fingerprint density at radius 3 is 2.22 bits per heavy atom. The van der Waals surface area contributed by atoms with E-state index in [2.05, 4.69) is 24.3 Å². The van der Waals surface area contributed by atoms with E-state index in [1.807, 2.05) is 19.2 Å². The summed E-state index contributed by atoms with van der Waals surface area (Å²) in [5.74, 6) is 0. The van der Waals surface area contributed by atoms with Crippen molar-refractivity contribution in [3.05, 3.63) is 12.3 Å². The summed E-state index contributed by atoms with van der Waals surface area (Å²) < 4.78 is 0. The van der Waals surface area contributed by atoms with Gasteiger partial charge < -0.3 is 5.43 Å². The summed E-state index contributed by atoms with van der Waals surface area (Å²) in [6.45, 7) is 8.33. The van der Waals surface area contributed by atoms with E-state index >= 15 is 0 Å². The smallest absolute Gasteiger partial charge is 0.0150 e. The molecule has 9 heavy (non-hydrogen) atoms. The van der Waals surface area contributed by atoms with Crippen molar-refractivity contribution >= 4 is 0 Å². The third-order valence-corrected chi connectivity index (χ3v) is 1.19. The predicted molar refractivity (Wildman–Crippen MR) is 40.9 cm³/mol. The fourth-order valence-electron chi connectivity index (χ4n) is 0.586. The van der Waals surface area contributed by atoms with Gasteiger partial charge in [-0.25, -0.2) is 5.01 Å². The quantitative estimate of drug-likeness (QED) is 0.575. The SMILES string of the molecule is C/C=C/NN(CC)CC. The van der Waals surface area contributed by atoms with Gasteiger partial charge in [-0.15, -0.1) is 0 Å². The highest BCUT2D eigenvalue weighted by atomic mass is 15.5. The van der Waals surface area contributed by atoms with Gasteiger partial charge in [0.2, 0.25) is 0 Å². The molecular formula is C7H16N2. The van der Waals surface area contributed by atoms with Crippen LogP contribution < -0.4 is 5.43 Å². The average Bonchev–Trinajstić information content (AvgIpc) is 1.91. The summed E-state index contributed by atoms with van der Waals surface area (Å²) in [7, 11) is 0. The zero-order valence-electron chi connectivity index (χ0n) is 6.52. The van der Waals surface area contributed by atoms with Gasteiger partial charge in [0.25, 0.3) is 0 Å². The van der Waals surface area contributed by atoms with Gasteiger partial charge in [-0.3, -0.25) is 0 Å². The van der Waals surface area contributed by atoms with Crippen molar-refractivity contribution < 1.29 is 0 Å². The molecule has 0 aliphatic heterocycles. The predicted octanol–water partition coefficient (Wildman–Crippen LogP) is 1.37. The van der Waals surface area contributed by atoms with E-state index in [1.165, 1.54) is 0 Å². The Morgan fingerprint density at radius 2 is 1.89 bits per heavy atom. The molecule has 0 amide bonds. The Hall–Kier alpha value is -0.500. The fraction of sp³-hybridized carbons (Fsp3) is 0.714. The minimum Gasteiger partial charge on any atom is -0.326 e. The van der Waals surface area contributed by atoms with Crippen LogP contribution in [0.1, 0.15) is 20.8 Å². The number of nitrogens with one attached hydrogen (secondary N) is 1. The molecule has 2 nitrogen and oxygen atoms in total. The number of rotatable bonds is 4. The van der Waals surface area contributed by atoms with E-state index in [1.54, 1.807) is 0 Å². The summed E-state index contributed by atoms with van der Waals surface area (Å²) in [5.41, 5.74) is 3.12. The van der Waals surface area contributed by atoms with Crippen LogP contribution in [0.4, 0.5) is 0 Å². The van der Waals surface area contributed by atoms with Gasteiger partial charge in [-0.05, 0) is 6.92 Å². The van der Waals surface area contributed by atoms with Crippen LogP contribution in [-0.4, -0.2) is 18.1 Å². The standard InChI is InChI=1S/C7H16N2/c1-4-7-8-9(5-2)6-3/h4,7-8H,5-6H2,1-3H3/b7-4+. The van der Waals surface area contributed by atoms with Crippen LogP contribution in [0.3, 0.4) is 0 Å². The van der Waals surface area contributed by atoms with Gasteiger partial charge in [-0.2, -0.15) is 0 Å². The number of hydrogen-bond acceptors (Lipinski definition) is 2. The third-order valence-electron chi connectivity index (χ3n) is 1.19. The second kappa shape index (κ2) is 5.63. The Bertz CT molecular complexity index is 75.0. The molecule has 54 valence electrons. The first-order chi connectivity index (χ1) is 4.35. The first-order valence-corrected chi connectivity index (χ1v) is 3.47. The highest BCUT2D eigenvalue weighted by Gasteiger charge is 1.89. The van der Waals surface area contributed by atoms with Crippen LogP contribution >= 0.6 is 0 Å². The molecule has 0 spiro atoms. The van der Waals surface area contributed by atoms with Crippen molar-refractivity contribution in [1.29, 1.82) is 0 Å². The van der Waals surface area contributed by atoms with Crippen LogP contribution in [0.25, 0.3) is 0 Å². The summed E-state index contributed by atoms with van der Waals surface area (Å²) >= 11 is 0. The molecule has 0 bridgehead atoms. The lowest BCUT2D eigenvalue weighted by molar-refractivity contribution is 0.247. The van der Waals surface area contributed by atoms with E-state index in [0.717, 1.165) is 13.1 Å². The second-order valence-electron chi connectivity index (χ2n) is 1.80. The topological polar surface area (TPSA) is 15.3 Å². The lowest BCUT2D eigenvalue weighted by Crippen LogP contribution is -2.33. The highest BCUT2D eigenvalue weighted by molar-refractivity contribution is 4.71. The summed E-state index contributed by atoms with van der Waals surface area (Å²) in [6.07, 6.45) is 3.92. The van der Waals surface area contributed by atoms with Gasteiger partial charge >= 0.3 is 0 Å². The summed E-state index contributed by atoms with van der Waals surface area (Å²) in [6, 6.07) is 0. The minimum atomic E-state index is 1.04. The normalized spacial score (nSPS) is 11.1. The molecule has 0 aromatic heterocycles. The lowest BCUT2D eigenvalue weighted by atomic mass is 10.6. The zero-order valence-corrected chi connectivity index (χ0v) is 6.52. The molecule has 0 fully saturated rings. The Morgan fingerprint density at radius 1 is 1.33 bits per heavy atom. The molecule has 1 N–H and O–H groups in total. The second-order valence-corrected chi connectivity index (χ2v) is 1.80. The molecule has 0 aliphatic rings. The van der Waals surface area contributed by atoms with E-state index < -0.39 is 0 Å². The molecule has 0 heterocycles.